The first-order valence-corrected chi connectivity index (χ1v) is 10.1. The van der Waals surface area contributed by atoms with E-state index in [0.29, 0.717) is 12.2 Å². The number of amides is 1. The highest BCUT2D eigenvalue weighted by Gasteiger charge is 2.30. The first kappa shape index (κ1) is 18.1. The van der Waals surface area contributed by atoms with Gasteiger partial charge in [-0.2, -0.15) is 11.8 Å². The van der Waals surface area contributed by atoms with Crippen LogP contribution in [0.4, 0.5) is 4.79 Å². The Kier molecular flexibility index (Phi) is 7.86. The molecule has 0 radical (unpaired) electrons. The van der Waals surface area contributed by atoms with Gasteiger partial charge in [-0.1, -0.05) is 37.3 Å². The fourth-order valence-electron chi connectivity index (χ4n) is 1.73. The maximum Gasteiger partial charge on any atom is 0.408 e. The number of alkyl carbamates (subject to hydrolysis) is 1. The van der Waals surface area contributed by atoms with Crippen LogP contribution in [0, 0.1) is 0 Å². The predicted molar refractivity (Wildman–Crippen MR) is 86.9 cm³/mol. The third-order valence-corrected chi connectivity index (χ3v) is 5.94. The molecule has 0 aliphatic carbocycles. The van der Waals surface area contributed by atoms with Crippen LogP contribution in [0.5, 0.6) is 0 Å². The van der Waals surface area contributed by atoms with Crippen molar-refractivity contribution in [1.82, 2.24) is 5.32 Å². The van der Waals surface area contributed by atoms with E-state index >= 15 is 0 Å². The third kappa shape index (κ3) is 6.55. The van der Waals surface area contributed by atoms with Gasteiger partial charge in [0.05, 0.1) is 0 Å². The highest BCUT2D eigenvalue weighted by Crippen LogP contribution is 2.46. The van der Waals surface area contributed by atoms with Crippen molar-refractivity contribution in [3.05, 3.63) is 35.9 Å². The molecule has 1 rings (SSSR count). The largest absolute Gasteiger partial charge is 0.445 e. The highest BCUT2D eigenvalue weighted by atomic mass is 32.2. The second kappa shape index (κ2) is 9.13. The van der Waals surface area contributed by atoms with Crippen molar-refractivity contribution in [3.8, 4) is 0 Å². The van der Waals surface area contributed by atoms with Crippen molar-refractivity contribution < 1.29 is 19.0 Å². The first-order chi connectivity index (χ1) is 9.99. The second-order valence-electron chi connectivity index (χ2n) is 4.58. The van der Waals surface area contributed by atoms with Crippen LogP contribution in [-0.2, 0) is 15.9 Å². The summed E-state index contributed by atoms with van der Waals surface area (Å²) in [4.78, 5) is 21.7. The number of rotatable bonds is 8. The number of carbonyl (C=O) groups is 1. The van der Waals surface area contributed by atoms with E-state index in [2.05, 4.69) is 5.32 Å². The van der Waals surface area contributed by atoms with Gasteiger partial charge in [0.15, 0.2) is 0 Å². The molecule has 0 aliphatic heterocycles. The van der Waals surface area contributed by atoms with Gasteiger partial charge in [0.1, 0.15) is 12.4 Å². The van der Waals surface area contributed by atoms with Gasteiger partial charge >= 0.3 is 6.09 Å². The summed E-state index contributed by atoms with van der Waals surface area (Å²) in [6.45, 7) is 1.79. The van der Waals surface area contributed by atoms with E-state index < -0.39 is 19.2 Å². The summed E-state index contributed by atoms with van der Waals surface area (Å²) in [5.41, 5.74) is 0.871. The smallest absolute Gasteiger partial charge is 0.408 e. The normalized spacial score (nSPS) is 15.0. The summed E-state index contributed by atoms with van der Waals surface area (Å²) in [6.07, 6.45) is 1.83. The van der Waals surface area contributed by atoms with Gasteiger partial charge in [-0.3, -0.25) is 4.57 Å². The Labute approximate surface area is 129 Å². The number of hydrogen-bond acceptors (Lipinski definition) is 4. The van der Waals surface area contributed by atoms with Gasteiger partial charge < -0.3 is 14.9 Å². The predicted octanol–water partition coefficient (Wildman–Crippen LogP) is 3.28. The number of nitrogens with one attached hydrogen (secondary N) is 1. The van der Waals surface area contributed by atoms with E-state index in [4.69, 9.17) is 4.74 Å². The number of ether oxygens (including phenoxy) is 1. The molecule has 1 aromatic rings. The van der Waals surface area contributed by atoms with Crippen molar-refractivity contribution in [2.24, 2.45) is 0 Å². The number of hydrogen-bond donors (Lipinski definition) is 2. The molecular weight excluding hydrogens is 309 g/mol. The monoisotopic (exact) mass is 331 g/mol. The Morgan fingerprint density at radius 2 is 2.10 bits per heavy atom. The highest BCUT2D eigenvalue weighted by molar-refractivity contribution is 7.98. The Hall–Kier alpha value is -0.970. The quantitative estimate of drug-likeness (QED) is 0.715. The fraction of sp³-hybridized carbons (Fsp3) is 0.500. The fourth-order valence-corrected chi connectivity index (χ4v) is 3.65. The van der Waals surface area contributed by atoms with E-state index in [-0.39, 0.29) is 12.8 Å². The van der Waals surface area contributed by atoms with Crippen LogP contribution in [-0.4, -0.2) is 34.9 Å². The molecule has 0 aliphatic rings. The van der Waals surface area contributed by atoms with Gasteiger partial charge in [-0.05, 0) is 24.0 Å². The molecule has 2 atom stereocenters. The van der Waals surface area contributed by atoms with Crippen molar-refractivity contribution in [2.45, 2.75) is 25.7 Å². The van der Waals surface area contributed by atoms with Crippen LogP contribution in [0.25, 0.3) is 0 Å². The topological polar surface area (TPSA) is 75.6 Å². The summed E-state index contributed by atoms with van der Waals surface area (Å²) in [5, 5.41) is 2.53. The minimum atomic E-state index is -3.39. The zero-order chi connectivity index (χ0) is 15.7. The molecule has 1 aromatic carbocycles. The molecule has 118 valence electrons. The first-order valence-electron chi connectivity index (χ1n) is 6.77. The molecular formula is C14H22NO4PS. The molecule has 1 amide bonds. The lowest BCUT2D eigenvalue weighted by molar-refractivity contribution is 0.137. The SMILES string of the molecule is CCP(=O)(O)C(CCSC)NC(=O)OCc1ccccc1. The van der Waals surface area contributed by atoms with Crippen molar-refractivity contribution in [3.63, 3.8) is 0 Å². The molecule has 0 bridgehead atoms. The standard InChI is InChI=1S/C14H22NO4PS/c1-3-20(17,18)13(9-10-21-2)15-14(16)19-11-12-7-5-4-6-8-12/h4-8,13H,3,9-11H2,1-2H3,(H,15,16)(H,17,18). The molecule has 0 spiro atoms. The zero-order valence-electron chi connectivity index (χ0n) is 12.3. The Balaban J connectivity index is 2.53. The van der Waals surface area contributed by atoms with E-state index in [0.717, 1.165) is 5.56 Å². The zero-order valence-corrected chi connectivity index (χ0v) is 14.0. The summed E-state index contributed by atoms with van der Waals surface area (Å²) < 4.78 is 17.2. The molecule has 0 heterocycles. The Morgan fingerprint density at radius 1 is 1.43 bits per heavy atom. The molecule has 21 heavy (non-hydrogen) atoms. The minimum Gasteiger partial charge on any atom is -0.445 e. The van der Waals surface area contributed by atoms with Gasteiger partial charge in [0.25, 0.3) is 0 Å². The molecule has 7 heteroatoms. The molecule has 0 fully saturated rings. The van der Waals surface area contributed by atoms with Gasteiger partial charge in [0, 0.05) is 6.16 Å². The van der Waals surface area contributed by atoms with Crippen molar-refractivity contribution in [2.75, 3.05) is 18.2 Å². The molecule has 0 aromatic heterocycles. The van der Waals surface area contributed by atoms with Crippen LogP contribution in [0.15, 0.2) is 30.3 Å². The lowest BCUT2D eigenvalue weighted by Gasteiger charge is -2.22. The molecule has 0 saturated carbocycles. The molecule has 2 N–H and O–H groups in total. The average Bonchev–Trinajstić information content (AvgIpc) is 2.50. The molecule has 2 unspecified atom stereocenters. The summed E-state index contributed by atoms with van der Waals surface area (Å²) in [5.74, 6) is -0.0491. The maximum atomic E-state index is 12.1. The summed E-state index contributed by atoms with van der Waals surface area (Å²) >= 11 is 1.57. The van der Waals surface area contributed by atoms with E-state index in [9.17, 15) is 14.3 Å². The lowest BCUT2D eigenvalue weighted by atomic mass is 10.2. The Morgan fingerprint density at radius 3 is 2.67 bits per heavy atom. The van der Waals surface area contributed by atoms with Gasteiger partial charge in [-0.15, -0.1) is 0 Å². The van der Waals surface area contributed by atoms with Crippen LogP contribution in [0.3, 0.4) is 0 Å². The number of carbonyl (C=O) groups excluding carboxylic acids is 1. The number of thioether (sulfide) groups is 1. The van der Waals surface area contributed by atoms with Crippen LogP contribution >= 0.6 is 19.1 Å². The van der Waals surface area contributed by atoms with Crippen LogP contribution in [0.2, 0.25) is 0 Å². The van der Waals surface area contributed by atoms with Crippen molar-refractivity contribution >= 4 is 25.2 Å². The molecule has 0 saturated heterocycles. The van der Waals surface area contributed by atoms with E-state index in [1.54, 1.807) is 18.7 Å². The molecule has 5 nitrogen and oxygen atoms in total. The van der Waals surface area contributed by atoms with E-state index in [1.165, 1.54) is 0 Å². The van der Waals surface area contributed by atoms with Crippen LogP contribution in [0.1, 0.15) is 18.9 Å². The van der Waals surface area contributed by atoms with Crippen LogP contribution < -0.4 is 5.32 Å². The maximum absolute atomic E-state index is 12.1. The summed E-state index contributed by atoms with van der Waals surface area (Å²) in [7, 11) is -3.39. The lowest BCUT2D eigenvalue weighted by Crippen LogP contribution is -2.36. The second-order valence-corrected chi connectivity index (χ2v) is 8.33. The Bertz CT molecular complexity index is 483. The van der Waals surface area contributed by atoms with Gasteiger partial charge in [-0.25, -0.2) is 4.79 Å². The average molecular weight is 331 g/mol. The number of benzene rings is 1. The minimum absolute atomic E-state index is 0.130. The third-order valence-electron chi connectivity index (χ3n) is 3.03. The van der Waals surface area contributed by atoms with E-state index in [1.807, 2.05) is 36.6 Å². The van der Waals surface area contributed by atoms with Gasteiger partial charge in [0.2, 0.25) is 7.37 Å². The van der Waals surface area contributed by atoms with Crippen molar-refractivity contribution in [1.29, 1.82) is 0 Å². The summed E-state index contributed by atoms with van der Waals surface area (Å²) in [6, 6.07) is 9.29.